The standard InChI is InChI=1S/C16H21N5OS/c1-23-16-18-10-13(9-17)14(19-16)21-8-5-12(11-21)15(22)20-6-3-2-4-7-20/h10,12H,2-8,11H2,1H3. The Kier molecular flexibility index (Phi) is 5.01. The lowest BCUT2D eigenvalue weighted by atomic mass is 10.0. The minimum absolute atomic E-state index is 0.0207. The fourth-order valence-electron chi connectivity index (χ4n) is 3.30. The molecule has 3 rings (SSSR count). The first-order valence-corrected chi connectivity index (χ1v) is 9.30. The van der Waals surface area contributed by atoms with Crippen molar-refractivity contribution < 1.29 is 4.79 Å². The first-order chi connectivity index (χ1) is 11.2. The van der Waals surface area contributed by atoms with E-state index in [-0.39, 0.29) is 11.8 Å². The van der Waals surface area contributed by atoms with Gasteiger partial charge in [0.15, 0.2) is 11.0 Å². The molecule has 1 aromatic heterocycles. The summed E-state index contributed by atoms with van der Waals surface area (Å²) in [5, 5.41) is 9.94. The van der Waals surface area contributed by atoms with E-state index in [0.717, 1.165) is 38.9 Å². The van der Waals surface area contributed by atoms with Gasteiger partial charge in [0, 0.05) is 26.2 Å². The highest BCUT2D eigenvalue weighted by molar-refractivity contribution is 7.98. The summed E-state index contributed by atoms with van der Waals surface area (Å²) in [4.78, 5) is 25.4. The maximum Gasteiger partial charge on any atom is 0.227 e. The Morgan fingerprint density at radius 1 is 1.35 bits per heavy atom. The number of rotatable bonds is 3. The highest BCUT2D eigenvalue weighted by atomic mass is 32.2. The first-order valence-electron chi connectivity index (χ1n) is 8.08. The van der Waals surface area contributed by atoms with E-state index in [2.05, 4.69) is 20.9 Å². The summed E-state index contributed by atoms with van der Waals surface area (Å²) in [5.41, 5.74) is 0.480. The van der Waals surface area contributed by atoms with Crippen molar-refractivity contribution in [2.24, 2.45) is 5.92 Å². The highest BCUT2D eigenvalue weighted by Crippen LogP contribution is 2.28. The summed E-state index contributed by atoms with van der Waals surface area (Å²) in [6.07, 6.45) is 7.78. The van der Waals surface area contributed by atoms with Crippen LogP contribution in [0.2, 0.25) is 0 Å². The van der Waals surface area contributed by atoms with Gasteiger partial charge in [-0.1, -0.05) is 11.8 Å². The summed E-state index contributed by atoms with van der Waals surface area (Å²) in [6, 6.07) is 2.16. The topological polar surface area (TPSA) is 73.1 Å². The minimum Gasteiger partial charge on any atom is -0.355 e. The van der Waals surface area contributed by atoms with Crippen molar-refractivity contribution in [3.8, 4) is 6.07 Å². The van der Waals surface area contributed by atoms with Crippen LogP contribution in [-0.2, 0) is 4.79 Å². The molecule has 1 amide bonds. The van der Waals surface area contributed by atoms with Gasteiger partial charge in [-0.2, -0.15) is 5.26 Å². The van der Waals surface area contributed by atoms with Crippen molar-refractivity contribution in [3.05, 3.63) is 11.8 Å². The summed E-state index contributed by atoms with van der Waals surface area (Å²) in [6.45, 7) is 3.20. The molecule has 1 aromatic rings. The van der Waals surface area contributed by atoms with Gasteiger partial charge in [0.25, 0.3) is 0 Å². The molecule has 23 heavy (non-hydrogen) atoms. The molecule has 0 aromatic carbocycles. The molecular formula is C16H21N5OS. The quantitative estimate of drug-likeness (QED) is 0.622. The maximum absolute atomic E-state index is 12.7. The number of carbonyl (C=O) groups excluding carboxylic acids is 1. The molecule has 3 heterocycles. The number of hydrogen-bond donors (Lipinski definition) is 0. The molecular weight excluding hydrogens is 310 g/mol. The fourth-order valence-corrected chi connectivity index (χ4v) is 3.64. The van der Waals surface area contributed by atoms with Crippen LogP contribution >= 0.6 is 11.8 Å². The molecule has 122 valence electrons. The Bertz CT molecular complexity index is 623. The molecule has 2 aliphatic rings. The molecule has 0 radical (unpaired) electrons. The molecule has 0 N–H and O–H groups in total. The molecule has 6 nitrogen and oxygen atoms in total. The van der Waals surface area contributed by atoms with Crippen LogP contribution < -0.4 is 4.90 Å². The van der Waals surface area contributed by atoms with Crippen LogP contribution in [0.15, 0.2) is 11.4 Å². The van der Waals surface area contributed by atoms with Gasteiger partial charge in [-0.25, -0.2) is 9.97 Å². The van der Waals surface area contributed by atoms with Gasteiger partial charge in [0.2, 0.25) is 5.91 Å². The zero-order valence-corrected chi connectivity index (χ0v) is 14.2. The van der Waals surface area contributed by atoms with Crippen molar-refractivity contribution in [1.29, 1.82) is 5.26 Å². The van der Waals surface area contributed by atoms with Crippen LogP contribution in [0.4, 0.5) is 5.82 Å². The molecule has 7 heteroatoms. The number of amides is 1. The number of hydrogen-bond acceptors (Lipinski definition) is 6. The van der Waals surface area contributed by atoms with Gasteiger partial charge in [-0.3, -0.25) is 4.79 Å². The second kappa shape index (κ2) is 7.18. The molecule has 2 fully saturated rings. The summed E-state index contributed by atoms with van der Waals surface area (Å²) < 4.78 is 0. The van der Waals surface area contributed by atoms with E-state index in [4.69, 9.17) is 0 Å². The van der Waals surface area contributed by atoms with Crippen molar-refractivity contribution in [1.82, 2.24) is 14.9 Å². The Balaban J connectivity index is 1.72. The van der Waals surface area contributed by atoms with E-state index >= 15 is 0 Å². The average Bonchev–Trinajstić information content (AvgIpc) is 3.11. The van der Waals surface area contributed by atoms with Crippen LogP contribution in [0.1, 0.15) is 31.2 Å². The van der Waals surface area contributed by atoms with E-state index in [0.29, 0.717) is 23.1 Å². The number of thioether (sulfide) groups is 1. The van der Waals surface area contributed by atoms with Crippen LogP contribution in [0, 0.1) is 17.2 Å². The van der Waals surface area contributed by atoms with Gasteiger partial charge in [-0.05, 0) is 31.9 Å². The Morgan fingerprint density at radius 2 is 2.13 bits per heavy atom. The average molecular weight is 331 g/mol. The second-order valence-corrected chi connectivity index (χ2v) is 6.80. The van der Waals surface area contributed by atoms with E-state index in [1.807, 2.05) is 11.2 Å². The molecule has 0 aliphatic carbocycles. The third kappa shape index (κ3) is 3.42. The molecule has 1 unspecified atom stereocenters. The largest absolute Gasteiger partial charge is 0.355 e. The number of nitrogens with zero attached hydrogens (tertiary/aromatic N) is 5. The minimum atomic E-state index is 0.0207. The molecule has 2 aliphatic heterocycles. The number of carbonyl (C=O) groups is 1. The van der Waals surface area contributed by atoms with Crippen LogP contribution in [0.25, 0.3) is 0 Å². The summed E-state index contributed by atoms with van der Waals surface area (Å²) >= 11 is 1.46. The number of likely N-dealkylation sites (tertiary alicyclic amines) is 1. The van der Waals surface area contributed by atoms with Gasteiger partial charge in [0.05, 0.1) is 12.1 Å². The number of aromatic nitrogens is 2. The Morgan fingerprint density at radius 3 is 2.83 bits per heavy atom. The van der Waals surface area contributed by atoms with E-state index in [1.165, 1.54) is 18.2 Å². The second-order valence-electron chi connectivity index (χ2n) is 6.02. The maximum atomic E-state index is 12.7. The van der Waals surface area contributed by atoms with Crippen molar-refractivity contribution in [3.63, 3.8) is 0 Å². The Labute approximate surface area is 140 Å². The molecule has 2 saturated heterocycles. The zero-order chi connectivity index (χ0) is 16.2. The SMILES string of the molecule is CSc1ncc(C#N)c(N2CCC(C(=O)N3CCCCC3)C2)n1. The van der Waals surface area contributed by atoms with Crippen LogP contribution in [0.5, 0.6) is 0 Å². The smallest absolute Gasteiger partial charge is 0.227 e. The normalized spacial score (nSPS) is 21.3. The van der Waals surface area contributed by atoms with Gasteiger partial charge < -0.3 is 9.80 Å². The molecule has 0 spiro atoms. The van der Waals surface area contributed by atoms with Crippen molar-refractivity contribution in [2.45, 2.75) is 30.8 Å². The van der Waals surface area contributed by atoms with Crippen molar-refractivity contribution in [2.75, 3.05) is 37.3 Å². The summed E-state index contributed by atoms with van der Waals surface area (Å²) in [7, 11) is 0. The number of piperidine rings is 1. The van der Waals surface area contributed by atoms with Gasteiger partial charge in [-0.15, -0.1) is 0 Å². The predicted octanol–water partition coefficient (Wildman–Crippen LogP) is 1.91. The molecule has 0 bridgehead atoms. The number of anilines is 1. The number of nitriles is 1. The molecule has 0 saturated carbocycles. The van der Waals surface area contributed by atoms with E-state index < -0.39 is 0 Å². The van der Waals surface area contributed by atoms with Crippen LogP contribution in [0.3, 0.4) is 0 Å². The van der Waals surface area contributed by atoms with Gasteiger partial charge in [0.1, 0.15) is 11.6 Å². The van der Waals surface area contributed by atoms with Crippen molar-refractivity contribution >= 4 is 23.5 Å². The fraction of sp³-hybridized carbons (Fsp3) is 0.625. The van der Waals surface area contributed by atoms with E-state index in [9.17, 15) is 10.1 Å². The Hall–Kier alpha value is -1.81. The monoisotopic (exact) mass is 331 g/mol. The molecule has 1 atom stereocenters. The highest BCUT2D eigenvalue weighted by Gasteiger charge is 2.33. The van der Waals surface area contributed by atoms with Gasteiger partial charge >= 0.3 is 0 Å². The lowest BCUT2D eigenvalue weighted by Gasteiger charge is -2.29. The lowest BCUT2D eigenvalue weighted by molar-refractivity contribution is -0.135. The van der Waals surface area contributed by atoms with E-state index in [1.54, 1.807) is 6.20 Å². The first kappa shape index (κ1) is 16.1. The summed E-state index contributed by atoms with van der Waals surface area (Å²) in [5.74, 6) is 0.956. The zero-order valence-electron chi connectivity index (χ0n) is 13.4. The third-order valence-corrected chi connectivity index (χ3v) is 5.12. The predicted molar refractivity (Wildman–Crippen MR) is 89.3 cm³/mol. The third-order valence-electron chi connectivity index (χ3n) is 4.55. The van der Waals surface area contributed by atoms with Crippen LogP contribution in [-0.4, -0.2) is 53.2 Å². The lowest BCUT2D eigenvalue weighted by Crippen LogP contribution is -2.40.